The SMILES string of the molecule is CCCCC/C=C\C/C=C\CCCCCCCCCC(=O)NC(COP(=O)([O-])OCC[N+](C)(C)C)C(/C=C/CCCCCCCCCCC)OC(=O)CCCCCCCCCCC/C=C/CCCCCCCC. The fraction of sp³-hybridized carbons (Fsp3) is 0.841. The first-order chi connectivity index (χ1) is 35.4. The van der Waals surface area contributed by atoms with E-state index in [0.29, 0.717) is 17.4 Å². The van der Waals surface area contributed by atoms with Crippen LogP contribution in [-0.2, 0) is 27.9 Å². The van der Waals surface area contributed by atoms with Crippen LogP contribution in [0.1, 0.15) is 290 Å². The molecular weight excluding hydrogens is 928 g/mol. The number of nitrogens with zero attached hydrogens (tertiary/aromatic N) is 1. The minimum atomic E-state index is -4.70. The Balaban J connectivity index is 5.23. The number of amides is 1. The highest BCUT2D eigenvalue weighted by Gasteiger charge is 2.27. The molecule has 0 aliphatic rings. The van der Waals surface area contributed by atoms with Crippen LogP contribution >= 0.6 is 7.82 Å². The third kappa shape index (κ3) is 54.6. The maximum atomic E-state index is 13.5. The van der Waals surface area contributed by atoms with Crippen molar-refractivity contribution in [1.82, 2.24) is 5.32 Å². The third-order valence-electron chi connectivity index (χ3n) is 13.7. The van der Waals surface area contributed by atoms with Crippen molar-refractivity contribution in [2.45, 2.75) is 303 Å². The number of unbranched alkanes of at least 4 members (excludes halogenated alkanes) is 34. The standard InChI is InChI=1S/C63H119N2O7P/c1-7-10-13-16-19-22-25-27-29-31-32-34-36-38-41-44-47-50-53-56-63(67)72-61(54-51-48-45-42-39-24-21-18-15-12-9-3)60(59-71-73(68,69)70-58-57-65(4,5)6)64-62(66)55-52-49-46-43-40-37-35-33-30-28-26-23-20-17-14-11-8-2/h20,23,27-30,51,54,60-61H,7-19,21-22,24-26,31-50,52-53,55-59H2,1-6H3,(H-,64,66,68,69)/b23-20-,29-27+,30-28-,54-51+. The summed E-state index contributed by atoms with van der Waals surface area (Å²) in [5.41, 5.74) is 0. The van der Waals surface area contributed by atoms with Crippen molar-refractivity contribution in [3.05, 3.63) is 48.6 Å². The summed E-state index contributed by atoms with van der Waals surface area (Å²) in [4.78, 5) is 39.9. The number of esters is 1. The Hall–Kier alpha value is -2.03. The van der Waals surface area contributed by atoms with Crippen LogP contribution in [0.4, 0.5) is 0 Å². The average Bonchev–Trinajstić information content (AvgIpc) is 3.35. The van der Waals surface area contributed by atoms with Gasteiger partial charge in [-0.2, -0.15) is 0 Å². The molecule has 0 aromatic heterocycles. The van der Waals surface area contributed by atoms with Gasteiger partial charge in [0.05, 0.1) is 33.8 Å². The molecule has 428 valence electrons. The molecule has 0 aliphatic carbocycles. The van der Waals surface area contributed by atoms with Gasteiger partial charge >= 0.3 is 5.97 Å². The van der Waals surface area contributed by atoms with Crippen molar-refractivity contribution < 1.29 is 37.3 Å². The van der Waals surface area contributed by atoms with Crippen molar-refractivity contribution in [3.63, 3.8) is 0 Å². The first-order valence-electron chi connectivity index (χ1n) is 30.9. The molecule has 0 rings (SSSR count). The second kappa shape index (κ2) is 53.4. The molecule has 1 N–H and O–H groups in total. The monoisotopic (exact) mass is 1050 g/mol. The molecular formula is C63H119N2O7P. The molecule has 0 saturated heterocycles. The molecule has 3 unspecified atom stereocenters. The molecule has 0 aromatic carbocycles. The minimum Gasteiger partial charge on any atom is -0.756 e. The number of phosphoric ester groups is 1. The number of likely N-dealkylation sites (N-methyl/N-ethyl adjacent to an activating group) is 1. The van der Waals surface area contributed by atoms with Gasteiger partial charge in [-0.25, -0.2) is 0 Å². The summed E-state index contributed by atoms with van der Waals surface area (Å²) in [7, 11) is 1.18. The molecule has 0 radical (unpaired) electrons. The van der Waals surface area contributed by atoms with E-state index < -0.39 is 26.6 Å². The first kappa shape index (κ1) is 71.0. The second-order valence-corrected chi connectivity index (χ2v) is 23.6. The van der Waals surface area contributed by atoms with E-state index in [-0.39, 0.29) is 24.9 Å². The third-order valence-corrected chi connectivity index (χ3v) is 14.7. The number of quaternary nitrogens is 1. The van der Waals surface area contributed by atoms with Gasteiger partial charge in [-0.15, -0.1) is 0 Å². The molecule has 0 aromatic rings. The summed E-state index contributed by atoms with van der Waals surface area (Å²) in [6.45, 7) is 6.82. The smallest absolute Gasteiger partial charge is 0.306 e. The van der Waals surface area contributed by atoms with Gasteiger partial charge in [0.25, 0.3) is 7.82 Å². The summed E-state index contributed by atoms with van der Waals surface area (Å²) in [5, 5.41) is 3.02. The molecule has 0 saturated carbocycles. The Bertz CT molecular complexity index is 1390. The summed E-state index contributed by atoms with van der Waals surface area (Å²) >= 11 is 0. The van der Waals surface area contributed by atoms with E-state index >= 15 is 0 Å². The highest BCUT2D eigenvalue weighted by atomic mass is 31.2. The van der Waals surface area contributed by atoms with Crippen molar-refractivity contribution in [2.24, 2.45) is 0 Å². The number of rotatable bonds is 56. The predicted octanol–water partition coefficient (Wildman–Crippen LogP) is 18.3. The number of phosphoric acid groups is 1. The van der Waals surface area contributed by atoms with Crippen LogP contribution in [0.25, 0.3) is 0 Å². The minimum absolute atomic E-state index is 0.0240. The number of carbonyl (C=O) groups excluding carboxylic acids is 2. The van der Waals surface area contributed by atoms with Gasteiger partial charge in [-0.05, 0) is 89.5 Å². The van der Waals surface area contributed by atoms with Gasteiger partial charge in [0.1, 0.15) is 19.3 Å². The highest BCUT2D eigenvalue weighted by Crippen LogP contribution is 2.38. The zero-order valence-electron chi connectivity index (χ0n) is 48.8. The summed E-state index contributed by atoms with van der Waals surface area (Å²) in [6, 6.07) is -0.892. The summed E-state index contributed by atoms with van der Waals surface area (Å²) in [6.07, 6.45) is 65.0. The maximum Gasteiger partial charge on any atom is 0.306 e. The fourth-order valence-electron chi connectivity index (χ4n) is 8.90. The lowest BCUT2D eigenvalue weighted by Crippen LogP contribution is -2.47. The zero-order valence-corrected chi connectivity index (χ0v) is 49.7. The summed E-state index contributed by atoms with van der Waals surface area (Å²) in [5.74, 6) is -0.546. The van der Waals surface area contributed by atoms with Crippen LogP contribution in [0.3, 0.4) is 0 Å². The highest BCUT2D eigenvalue weighted by molar-refractivity contribution is 7.45. The molecule has 9 nitrogen and oxygen atoms in total. The van der Waals surface area contributed by atoms with E-state index in [9.17, 15) is 19.0 Å². The number of carbonyl (C=O) groups is 2. The van der Waals surface area contributed by atoms with Gasteiger partial charge in [0, 0.05) is 12.8 Å². The molecule has 10 heteroatoms. The molecule has 1 amide bonds. The number of hydrogen-bond donors (Lipinski definition) is 1. The Morgan fingerprint density at radius 1 is 0.479 bits per heavy atom. The van der Waals surface area contributed by atoms with E-state index in [0.717, 1.165) is 77.0 Å². The van der Waals surface area contributed by atoms with Gasteiger partial charge in [-0.1, -0.05) is 237 Å². The molecule has 73 heavy (non-hydrogen) atoms. The lowest BCUT2D eigenvalue weighted by molar-refractivity contribution is -0.870. The van der Waals surface area contributed by atoms with Gasteiger partial charge in [0.15, 0.2) is 0 Å². The van der Waals surface area contributed by atoms with E-state index in [1.54, 1.807) is 0 Å². The van der Waals surface area contributed by atoms with Gasteiger partial charge in [0.2, 0.25) is 5.91 Å². The molecule has 0 bridgehead atoms. The number of hydrogen-bond acceptors (Lipinski definition) is 7. The largest absolute Gasteiger partial charge is 0.756 e. The molecule has 3 atom stereocenters. The second-order valence-electron chi connectivity index (χ2n) is 22.2. The number of nitrogens with one attached hydrogen (secondary N) is 1. The lowest BCUT2D eigenvalue weighted by atomic mass is 10.0. The molecule has 0 fully saturated rings. The van der Waals surface area contributed by atoms with E-state index in [2.05, 4.69) is 62.5 Å². The van der Waals surface area contributed by atoms with Crippen LogP contribution in [0.15, 0.2) is 48.6 Å². The Morgan fingerprint density at radius 3 is 1.27 bits per heavy atom. The topological polar surface area (TPSA) is 114 Å². The van der Waals surface area contributed by atoms with E-state index in [4.69, 9.17) is 13.8 Å². The van der Waals surface area contributed by atoms with Crippen molar-refractivity contribution in [2.75, 3.05) is 40.9 Å². The van der Waals surface area contributed by atoms with Gasteiger partial charge in [-0.3, -0.25) is 14.2 Å². The zero-order chi connectivity index (χ0) is 53.6. The van der Waals surface area contributed by atoms with Gasteiger partial charge < -0.3 is 28.5 Å². The Kier molecular flexibility index (Phi) is 51.9. The van der Waals surface area contributed by atoms with Crippen molar-refractivity contribution >= 4 is 19.7 Å². The Morgan fingerprint density at radius 2 is 0.836 bits per heavy atom. The van der Waals surface area contributed by atoms with E-state index in [1.807, 2.05) is 33.3 Å². The van der Waals surface area contributed by atoms with Crippen LogP contribution in [0.5, 0.6) is 0 Å². The number of allylic oxidation sites excluding steroid dienone is 7. The van der Waals surface area contributed by atoms with Crippen molar-refractivity contribution in [3.8, 4) is 0 Å². The average molecular weight is 1050 g/mol. The predicted molar refractivity (Wildman–Crippen MR) is 312 cm³/mol. The lowest BCUT2D eigenvalue weighted by Gasteiger charge is -2.30. The van der Waals surface area contributed by atoms with Crippen LogP contribution in [0, 0.1) is 0 Å². The quantitative estimate of drug-likeness (QED) is 0.0212. The fourth-order valence-corrected chi connectivity index (χ4v) is 9.62. The number of ether oxygens (including phenoxy) is 1. The van der Waals surface area contributed by atoms with Crippen LogP contribution in [0.2, 0.25) is 0 Å². The van der Waals surface area contributed by atoms with Crippen molar-refractivity contribution in [1.29, 1.82) is 0 Å². The molecule has 0 aliphatic heterocycles. The molecule has 0 heterocycles. The Labute approximate surface area is 452 Å². The normalized spacial score (nSPS) is 14.0. The van der Waals surface area contributed by atoms with Crippen LogP contribution in [-0.4, -0.2) is 69.4 Å². The first-order valence-corrected chi connectivity index (χ1v) is 32.4. The maximum absolute atomic E-state index is 13.5. The van der Waals surface area contributed by atoms with E-state index in [1.165, 1.54) is 180 Å². The molecule has 0 spiro atoms. The van der Waals surface area contributed by atoms with Crippen LogP contribution < -0.4 is 10.2 Å². The summed E-state index contributed by atoms with van der Waals surface area (Å²) < 4.78 is 30.3.